The molecule has 38 atom stereocenters. The van der Waals surface area contributed by atoms with Crippen LogP contribution in [0.3, 0.4) is 0 Å². The third-order valence-electron chi connectivity index (χ3n) is 26.3. The predicted molar refractivity (Wildman–Crippen MR) is 348 cm³/mol. The fourth-order valence-corrected chi connectivity index (χ4v) is 19.2. The number of fused-ring (bicyclic) bond motifs is 7. The first kappa shape index (κ1) is 82.4. The van der Waals surface area contributed by atoms with Gasteiger partial charge in [-0.2, -0.15) is 0 Å². The zero-order valence-corrected chi connectivity index (χ0v) is 60.8. The van der Waals surface area contributed by atoms with Crippen LogP contribution < -0.4 is 0 Å². The van der Waals surface area contributed by atoms with Crippen molar-refractivity contribution in [3.8, 4) is 0 Å². The molecule has 5 saturated heterocycles. The van der Waals surface area contributed by atoms with E-state index in [1.54, 1.807) is 41.5 Å². The lowest BCUT2D eigenvalue weighted by atomic mass is 9.33. The van der Waals surface area contributed by atoms with Crippen molar-refractivity contribution in [1.29, 1.82) is 0 Å². The molecule has 5 heterocycles. The highest BCUT2D eigenvalue weighted by atomic mass is 16.8. The monoisotopic (exact) mass is 1490 g/mol. The Hall–Kier alpha value is -4.12. The molecule has 14 N–H and O–H groups in total. The Bertz CT molecular complexity index is 3100. The average molecular weight is 1490 g/mol. The largest absolute Gasteiger partial charge is 0.479 e. The molecule has 5 aliphatic heterocycles. The Morgan fingerprint density at radius 3 is 1.64 bits per heavy atom. The number of allylic oxidation sites excluding steroid dienone is 2. The summed E-state index contributed by atoms with van der Waals surface area (Å²) in [5.74, 6) is -8.24. The number of rotatable bonds is 21. The summed E-state index contributed by atoms with van der Waals surface area (Å²) >= 11 is 0. The fourth-order valence-electron chi connectivity index (χ4n) is 19.2. The molecule has 592 valence electrons. The van der Waals surface area contributed by atoms with E-state index in [1.165, 1.54) is 21.0 Å². The van der Waals surface area contributed by atoms with E-state index in [2.05, 4.69) is 13.8 Å². The number of esters is 4. The number of carbonyl (C=O) groups is 6. The number of carboxylic acids is 1. The zero-order chi connectivity index (χ0) is 76.7. The SMILES string of the molecule is CC[C@H](C)C(=O)O[C@@H]1C(C)O[C@@H](OC(=O)[C@]23CC[C@](C)(C(=O)OC)CC2C2=CCC4[C@@]5(C)CC[C@H](O[C@@H]6OC(C(=O)O)[C@H](O)[C@H](O)C6O[C@@H]6OC(CO)[C@H](O)[C@H](O)C6O)[C@@](C)(C=O)C5CC[C@@]4(C)[C@]2(C)C[C@H]3O)[C@H](O[C@@H]2OC(C)[C@H](O)[C@H](OC(=O)[C@@H](C)CC)C2O)C1O[C@@H]1OC(CO)[C@@H](O)[C@H](O)C1O. The summed E-state index contributed by atoms with van der Waals surface area (Å²) in [4.78, 5) is 84.6. The van der Waals surface area contributed by atoms with E-state index in [0.29, 0.717) is 32.1 Å². The van der Waals surface area contributed by atoms with E-state index in [1.807, 2.05) is 13.0 Å². The van der Waals surface area contributed by atoms with Gasteiger partial charge in [-0.25, -0.2) is 4.79 Å². The van der Waals surface area contributed by atoms with Gasteiger partial charge in [-0.15, -0.1) is 0 Å². The van der Waals surface area contributed by atoms with E-state index in [0.717, 1.165) is 11.9 Å². The molecule has 0 spiro atoms. The van der Waals surface area contributed by atoms with Crippen LogP contribution in [0.4, 0.5) is 0 Å². The molecule has 4 saturated carbocycles. The van der Waals surface area contributed by atoms with Crippen molar-refractivity contribution < 1.29 is 162 Å². The second kappa shape index (κ2) is 31.3. The van der Waals surface area contributed by atoms with E-state index in [9.17, 15) is 95.5 Å². The molecule has 33 nitrogen and oxygen atoms in total. The van der Waals surface area contributed by atoms with Crippen LogP contribution in [0.15, 0.2) is 11.6 Å². The first-order valence-electron chi connectivity index (χ1n) is 36.5. The number of carboxylic acid groups (broad SMARTS) is 1. The maximum Gasteiger partial charge on any atom is 0.335 e. The summed E-state index contributed by atoms with van der Waals surface area (Å²) in [6, 6.07) is 0. The number of aliphatic carboxylic acids is 1. The van der Waals surface area contributed by atoms with Crippen molar-refractivity contribution in [2.24, 2.45) is 62.1 Å². The highest BCUT2D eigenvalue weighted by Crippen LogP contribution is 2.76. The van der Waals surface area contributed by atoms with Crippen LogP contribution in [0, 0.1) is 62.1 Å². The highest BCUT2D eigenvalue weighted by molar-refractivity contribution is 5.82. The van der Waals surface area contributed by atoms with Gasteiger partial charge in [0.2, 0.25) is 6.29 Å². The van der Waals surface area contributed by atoms with Crippen LogP contribution in [-0.4, -0.2) is 294 Å². The van der Waals surface area contributed by atoms with E-state index in [-0.39, 0.29) is 44.4 Å². The van der Waals surface area contributed by atoms with E-state index in [4.69, 9.17) is 61.6 Å². The van der Waals surface area contributed by atoms with Crippen LogP contribution in [0.2, 0.25) is 0 Å². The fraction of sp³-hybridized carbons (Fsp3) is 0.887. The van der Waals surface area contributed by atoms with Gasteiger partial charge in [0, 0.05) is 5.92 Å². The lowest BCUT2D eigenvalue weighted by Crippen LogP contribution is -2.69. The van der Waals surface area contributed by atoms with Crippen molar-refractivity contribution >= 4 is 36.1 Å². The van der Waals surface area contributed by atoms with Crippen molar-refractivity contribution in [3.05, 3.63) is 11.6 Å². The first-order chi connectivity index (χ1) is 48.8. The Labute approximate surface area is 602 Å². The van der Waals surface area contributed by atoms with E-state index >= 15 is 4.79 Å². The molecule has 5 aliphatic carbocycles. The van der Waals surface area contributed by atoms with Crippen molar-refractivity contribution in [3.63, 3.8) is 0 Å². The molecule has 9 fully saturated rings. The van der Waals surface area contributed by atoms with Gasteiger partial charge < -0.3 is 138 Å². The van der Waals surface area contributed by atoms with Gasteiger partial charge in [-0.1, -0.05) is 67.0 Å². The lowest BCUT2D eigenvalue weighted by molar-refractivity contribution is -0.386. The normalized spacial score (nSPS) is 50.0. The third kappa shape index (κ3) is 14.0. The molecule has 33 heteroatoms. The maximum absolute atomic E-state index is 16.4. The van der Waals surface area contributed by atoms with Crippen LogP contribution in [0.5, 0.6) is 0 Å². The van der Waals surface area contributed by atoms with Gasteiger partial charge in [-0.05, 0) is 119 Å². The van der Waals surface area contributed by atoms with Crippen molar-refractivity contribution in [2.45, 2.75) is 313 Å². The number of ether oxygens (including phenoxy) is 13. The summed E-state index contributed by atoms with van der Waals surface area (Å²) in [6.45, 7) is 17.3. The highest BCUT2D eigenvalue weighted by Gasteiger charge is 2.74. The van der Waals surface area contributed by atoms with Crippen LogP contribution in [0.1, 0.15) is 147 Å². The van der Waals surface area contributed by atoms with Crippen LogP contribution >= 0.6 is 0 Å². The summed E-state index contributed by atoms with van der Waals surface area (Å²) in [6.07, 6.45) is -44.5. The molecule has 0 bridgehead atoms. The third-order valence-corrected chi connectivity index (χ3v) is 26.3. The van der Waals surface area contributed by atoms with Gasteiger partial charge in [0.1, 0.15) is 97.2 Å². The minimum absolute atomic E-state index is 0.0278. The number of aliphatic hydroxyl groups is 13. The van der Waals surface area contributed by atoms with Crippen LogP contribution in [-0.2, 0) is 90.3 Å². The summed E-state index contributed by atoms with van der Waals surface area (Å²) in [5.41, 5.74) is -6.49. The first-order valence-corrected chi connectivity index (χ1v) is 36.5. The topological polar surface area (TPSA) is 506 Å². The molecule has 13 unspecified atom stereocenters. The summed E-state index contributed by atoms with van der Waals surface area (Å²) < 4.78 is 79.6. The molecule has 0 aromatic heterocycles. The number of methoxy groups -OCH3 is 1. The minimum Gasteiger partial charge on any atom is -0.479 e. The number of aldehydes is 1. The van der Waals surface area contributed by atoms with Crippen molar-refractivity contribution in [2.75, 3.05) is 20.3 Å². The Morgan fingerprint density at radius 2 is 1.10 bits per heavy atom. The molecule has 10 aliphatic rings. The molecule has 0 amide bonds. The van der Waals surface area contributed by atoms with Gasteiger partial charge in [0.25, 0.3) is 0 Å². The molecular formula is C71H110O33. The van der Waals surface area contributed by atoms with E-state index < -0.39 is 265 Å². The zero-order valence-electron chi connectivity index (χ0n) is 60.8. The lowest BCUT2D eigenvalue weighted by Gasteiger charge is -2.71. The maximum atomic E-state index is 16.4. The van der Waals surface area contributed by atoms with Gasteiger partial charge in [0.05, 0.1) is 67.4 Å². The van der Waals surface area contributed by atoms with Gasteiger partial charge in [0.15, 0.2) is 49.6 Å². The Morgan fingerprint density at radius 1 is 0.548 bits per heavy atom. The number of hydrogen-bond donors (Lipinski definition) is 14. The minimum atomic E-state index is -2.15. The quantitative estimate of drug-likeness (QED) is 0.0203. The number of hydrogen-bond acceptors (Lipinski definition) is 32. The van der Waals surface area contributed by atoms with Crippen molar-refractivity contribution in [1.82, 2.24) is 0 Å². The second-order valence-electron chi connectivity index (χ2n) is 32.2. The van der Waals surface area contributed by atoms with Gasteiger partial charge >= 0.3 is 29.8 Å². The smallest absolute Gasteiger partial charge is 0.335 e. The Balaban J connectivity index is 1.01. The molecule has 0 aromatic rings. The van der Waals surface area contributed by atoms with Crippen LogP contribution in [0.25, 0.3) is 0 Å². The standard InChI is InChI=1S/C71H110O33/c1-13-28(3)57(88)98-50-31(6)94-63(55(54(50)102-60-48(84)44(80)42(78)35(26-73)96-60)103-61-49(85)51(40(76)30(5)93-61)99-58(89)29(4)14-2)104-65(91)71-22-21-66(7,64(90)92-12)23-33(71)32-15-16-37-67(8)19-18-39(68(9,27-74)36(67)17-20-69(37,10)70(32,11)24-38(71)75)97-62-53(46(82)45(81)52(100-62)56(86)87)101-59-47(83)43(79)41(77)34(25-72)95-59/h15,27-31,33-55,59-63,72-73,75-85H,13-14,16-26H2,1-12H3,(H,86,87)/t28-,29-,30?,31?,33?,34?,35?,36?,37?,38+,39-,40-,41-,42+,43-,44-,45+,46-,47?,48?,49?,50+,51-,52?,53?,54?,55+,59-,60-,61-,62+,63-,66-,67-,68-,69+,70+,71+/m0/s1. The van der Waals surface area contributed by atoms with Gasteiger partial charge in [-0.3, -0.25) is 19.2 Å². The Kier molecular flexibility index (Phi) is 24.8. The molecule has 0 radical (unpaired) electrons. The molecular weight excluding hydrogens is 1380 g/mol. The average Bonchev–Trinajstić information content (AvgIpc) is 0.669. The second-order valence-corrected chi connectivity index (χ2v) is 32.2. The molecule has 0 aromatic carbocycles. The number of carbonyl (C=O) groups excluding carboxylic acids is 5. The molecule has 104 heavy (non-hydrogen) atoms. The molecule has 10 rings (SSSR count). The summed E-state index contributed by atoms with van der Waals surface area (Å²) in [7, 11) is 1.24. The predicted octanol–water partition coefficient (Wildman–Crippen LogP) is -1.57. The summed E-state index contributed by atoms with van der Waals surface area (Å²) in [5, 5.41) is 156. The number of aliphatic hydroxyl groups excluding tert-OH is 13.